The van der Waals surface area contributed by atoms with E-state index in [0.29, 0.717) is 5.92 Å². The van der Waals surface area contributed by atoms with Gasteiger partial charge in [-0.2, -0.15) is 8.78 Å². The maximum Gasteiger partial charge on any atom is 0.319 e. The van der Waals surface area contributed by atoms with E-state index in [2.05, 4.69) is 29.1 Å². The highest BCUT2D eigenvalue weighted by Gasteiger charge is 2.11. The van der Waals surface area contributed by atoms with Crippen molar-refractivity contribution in [2.24, 2.45) is 16.6 Å². The van der Waals surface area contributed by atoms with Crippen LogP contribution in [0.1, 0.15) is 52.4 Å². The summed E-state index contributed by atoms with van der Waals surface area (Å²) in [6.45, 7) is 3.84. The van der Waals surface area contributed by atoms with Crippen molar-refractivity contribution >= 4 is 5.96 Å². The van der Waals surface area contributed by atoms with Crippen molar-refractivity contribution in [3.8, 4) is 0 Å². The Labute approximate surface area is 124 Å². The predicted molar refractivity (Wildman–Crippen MR) is 80.1 cm³/mol. The van der Waals surface area contributed by atoms with E-state index < -0.39 is 6.55 Å². The van der Waals surface area contributed by atoms with Gasteiger partial charge in [0, 0.05) is 18.4 Å². The molecule has 0 saturated carbocycles. The van der Waals surface area contributed by atoms with Crippen molar-refractivity contribution in [1.29, 1.82) is 0 Å². The van der Waals surface area contributed by atoms with Crippen LogP contribution in [0.15, 0.2) is 17.4 Å². The number of aromatic nitrogens is 2. The Bertz CT molecular complexity index is 442. The molecule has 0 aliphatic heterocycles. The summed E-state index contributed by atoms with van der Waals surface area (Å²) in [6.07, 6.45) is 5.85. The molecule has 1 heterocycles. The Morgan fingerprint density at radius 3 is 2.71 bits per heavy atom. The summed E-state index contributed by atoms with van der Waals surface area (Å²) in [7, 11) is 0. The number of imidazole rings is 1. The molecule has 5 nitrogen and oxygen atoms in total. The third-order valence-electron chi connectivity index (χ3n) is 3.16. The first-order chi connectivity index (χ1) is 9.90. The van der Waals surface area contributed by atoms with Gasteiger partial charge in [0.05, 0.1) is 0 Å². The Balaban J connectivity index is 2.40. The molecular weight excluding hydrogens is 276 g/mol. The summed E-state index contributed by atoms with van der Waals surface area (Å²) >= 11 is 0. The van der Waals surface area contributed by atoms with Gasteiger partial charge in [-0.05, 0) is 19.3 Å². The number of nitrogens with zero attached hydrogens (tertiary/aromatic N) is 3. The molecule has 21 heavy (non-hydrogen) atoms. The molecule has 0 amide bonds. The minimum atomic E-state index is -2.61. The third-order valence-corrected chi connectivity index (χ3v) is 3.16. The van der Waals surface area contributed by atoms with Gasteiger partial charge < -0.3 is 11.1 Å². The van der Waals surface area contributed by atoms with Crippen LogP contribution in [0.4, 0.5) is 8.78 Å². The van der Waals surface area contributed by atoms with Gasteiger partial charge in [-0.3, -0.25) is 4.57 Å². The number of hydrogen-bond acceptors (Lipinski definition) is 2. The Morgan fingerprint density at radius 2 is 2.10 bits per heavy atom. The highest BCUT2D eigenvalue weighted by atomic mass is 19.3. The van der Waals surface area contributed by atoms with E-state index in [-0.39, 0.29) is 24.4 Å². The van der Waals surface area contributed by atoms with E-state index >= 15 is 0 Å². The lowest BCUT2D eigenvalue weighted by Gasteiger charge is -2.15. The highest BCUT2D eigenvalue weighted by Crippen LogP contribution is 2.12. The molecule has 1 atom stereocenters. The molecule has 0 bridgehead atoms. The van der Waals surface area contributed by atoms with Crippen molar-refractivity contribution in [3.63, 3.8) is 0 Å². The van der Waals surface area contributed by atoms with E-state index in [1.165, 1.54) is 18.8 Å². The van der Waals surface area contributed by atoms with Crippen molar-refractivity contribution in [2.75, 3.05) is 0 Å². The number of halogens is 2. The molecule has 7 heteroatoms. The third kappa shape index (κ3) is 6.55. The number of guanidine groups is 1. The first kappa shape index (κ1) is 17.4. The molecule has 0 aliphatic carbocycles. The van der Waals surface area contributed by atoms with Crippen LogP contribution in [0.3, 0.4) is 0 Å². The van der Waals surface area contributed by atoms with Gasteiger partial charge in [0.25, 0.3) is 0 Å². The monoisotopic (exact) mass is 301 g/mol. The second-order valence-electron chi connectivity index (χ2n) is 5.60. The van der Waals surface area contributed by atoms with Crippen molar-refractivity contribution in [1.82, 2.24) is 14.9 Å². The normalized spacial score (nSPS) is 14.0. The van der Waals surface area contributed by atoms with Gasteiger partial charge in [-0.15, -0.1) is 0 Å². The van der Waals surface area contributed by atoms with Crippen LogP contribution in [0.25, 0.3) is 0 Å². The lowest BCUT2D eigenvalue weighted by molar-refractivity contribution is 0.0671. The van der Waals surface area contributed by atoms with E-state index in [1.807, 2.05) is 6.92 Å². The van der Waals surface area contributed by atoms with Gasteiger partial charge in [-0.25, -0.2) is 9.98 Å². The predicted octanol–water partition coefficient (Wildman–Crippen LogP) is 2.90. The van der Waals surface area contributed by atoms with Crippen LogP contribution < -0.4 is 11.1 Å². The van der Waals surface area contributed by atoms with Crippen LogP contribution in [0.2, 0.25) is 0 Å². The zero-order valence-electron chi connectivity index (χ0n) is 12.9. The topological polar surface area (TPSA) is 68.2 Å². The largest absolute Gasteiger partial charge is 0.370 e. The molecule has 0 spiro atoms. The van der Waals surface area contributed by atoms with E-state index in [0.717, 1.165) is 17.4 Å². The van der Waals surface area contributed by atoms with Gasteiger partial charge in [0.15, 0.2) is 5.96 Å². The number of aliphatic imine (C=N–C) groups is 1. The summed E-state index contributed by atoms with van der Waals surface area (Å²) in [6, 6.07) is 0.211. The van der Waals surface area contributed by atoms with Crippen molar-refractivity contribution in [2.45, 2.75) is 59.2 Å². The first-order valence-corrected chi connectivity index (χ1v) is 7.26. The Morgan fingerprint density at radius 1 is 1.38 bits per heavy atom. The standard InChI is InChI=1S/C14H25F2N5/c1-10(2)5-4-6-11(3)20-14(17)19-9-12-18-7-8-21(12)13(15)16/h7-8,10-11,13H,4-6,9H2,1-3H3,(H3,17,19,20). The Hall–Kier alpha value is -1.66. The highest BCUT2D eigenvalue weighted by molar-refractivity contribution is 5.78. The molecule has 0 fully saturated rings. The number of nitrogens with one attached hydrogen (secondary N) is 1. The van der Waals surface area contributed by atoms with Gasteiger partial charge in [0.1, 0.15) is 12.4 Å². The van der Waals surface area contributed by atoms with Crippen LogP contribution in [-0.2, 0) is 6.54 Å². The molecule has 1 rings (SSSR count). The Kier molecular flexibility index (Phi) is 7.11. The molecule has 3 N–H and O–H groups in total. The summed E-state index contributed by atoms with van der Waals surface area (Å²) in [5.74, 6) is 1.15. The molecule has 1 aromatic rings. The molecule has 0 radical (unpaired) electrons. The van der Waals surface area contributed by atoms with E-state index in [1.54, 1.807) is 0 Å². The second kappa shape index (κ2) is 8.59. The van der Waals surface area contributed by atoms with Crippen LogP contribution in [0, 0.1) is 5.92 Å². The average Bonchev–Trinajstić information content (AvgIpc) is 2.84. The molecule has 0 aromatic carbocycles. The molecule has 0 saturated heterocycles. The quantitative estimate of drug-likeness (QED) is 0.573. The summed E-state index contributed by atoms with van der Waals surface area (Å²) in [5, 5.41) is 3.07. The molecule has 1 unspecified atom stereocenters. The lowest BCUT2D eigenvalue weighted by atomic mass is 10.0. The summed E-state index contributed by atoms with van der Waals surface area (Å²) in [5.41, 5.74) is 5.76. The van der Waals surface area contributed by atoms with Gasteiger partial charge in [0.2, 0.25) is 0 Å². The summed E-state index contributed by atoms with van der Waals surface area (Å²) in [4.78, 5) is 7.91. The van der Waals surface area contributed by atoms with E-state index in [9.17, 15) is 8.78 Å². The van der Waals surface area contributed by atoms with Crippen molar-refractivity contribution < 1.29 is 8.78 Å². The molecule has 120 valence electrons. The maximum absolute atomic E-state index is 12.6. The number of rotatable bonds is 8. The fourth-order valence-electron chi connectivity index (χ4n) is 2.00. The smallest absolute Gasteiger partial charge is 0.319 e. The van der Waals surface area contributed by atoms with Gasteiger partial charge in [-0.1, -0.05) is 26.7 Å². The lowest BCUT2D eigenvalue weighted by Crippen LogP contribution is -2.38. The van der Waals surface area contributed by atoms with Crippen LogP contribution in [0.5, 0.6) is 0 Å². The number of alkyl halides is 2. The molecular formula is C14H25F2N5. The number of hydrogen-bond donors (Lipinski definition) is 2. The van der Waals surface area contributed by atoms with Crippen LogP contribution in [-0.4, -0.2) is 21.6 Å². The van der Waals surface area contributed by atoms with Crippen molar-refractivity contribution in [3.05, 3.63) is 18.2 Å². The minimum Gasteiger partial charge on any atom is -0.370 e. The fraction of sp³-hybridized carbons (Fsp3) is 0.714. The number of nitrogens with two attached hydrogens (primary N) is 1. The average molecular weight is 301 g/mol. The van der Waals surface area contributed by atoms with Crippen LogP contribution >= 0.6 is 0 Å². The molecule has 0 aliphatic rings. The minimum absolute atomic E-state index is 0.0366. The SMILES string of the molecule is CC(C)CCCC(C)NC(N)=NCc1nccn1C(F)F. The fourth-order valence-corrected chi connectivity index (χ4v) is 2.00. The first-order valence-electron chi connectivity index (χ1n) is 7.26. The zero-order valence-corrected chi connectivity index (χ0v) is 12.9. The maximum atomic E-state index is 12.6. The second-order valence-corrected chi connectivity index (χ2v) is 5.60. The zero-order chi connectivity index (χ0) is 15.8. The molecule has 1 aromatic heterocycles. The summed E-state index contributed by atoms with van der Waals surface area (Å²) < 4.78 is 26.0. The van der Waals surface area contributed by atoms with E-state index in [4.69, 9.17) is 5.73 Å². The van der Waals surface area contributed by atoms with Gasteiger partial charge >= 0.3 is 6.55 Å².